The minimum absolute atomic E-state index is 0.0135. The normalized spacial score (nSPS) is 16.0. The maximum atomic E-state index is 13.2. The monoisotopic (exact) mass is 357 g/mol. The molecule has 140 valence electrons. The maximum Gasteiger partial charge on any atom is 0.253 e. The minimum atomic E-state index is -0.261. The highest BCUT2D eigenvalue weighted by Crippen LogP contribution is 2.22. The predicted octanol–water partition coefficient (Wildman–Crippen LogP) is 3.84. The molecule has 1 fully saturated rings. The van der Waals surface area contributed by atoms with Gasteiger partial charge in [-0.3, -0.25) is 4.79 Å². The number of nitrogens with zero attached hydrogens (tertiary/aromatic N) is 2. The van der Waals surface area contributed by atoms with Gasteiger partial charge in [0.2, 0.25) is 0 Å². The number of benzene rings is 1. The Kier molecular flexibility index (Phi) is 5.77. The van der Waals surface area contributed by atoms with Crippen molar-refractivity contribution in [1.82, 2.24) is 14.8 Å². The van der Waals surface area contributed by atoms with Gasteiger partial charge in [0.15, 0.2) is 0 Å². The first-order valence-electron chi connectivity index (χ1n) is 9.47. The molecule has 0 radical (unpaired) electrons. The standard InChI is InChI=1S/C21H28FN3O/c1-4-11-24-12-9-18(10-13-24)23-21(26)20-14-15(2)25(16(20)3)19-7-5-17(22)6-8-19/h5-8,14,18H,4,9-13H2,1-3H3,(H,23,26). The quantitative estimate of drug-likeness (QED) is 0.883. The first kappa shape index (κ1) is 18.6. The van der Waals surface area contributed by atoms with Crippen molar-refractivity contribution in [2.24, 2.45) is 0 Å². The van der Waals surface area contributed by atoms with Crippen LogP contribution in [0, 0.1) is 19.7 Å². The van der Waals surface area contributed by atoms with Crippen molar-refractivity contribution in [2.75, 3.05) is 19.6 Å². The van der Waals surface area contributed by atoms with Gasteiger partial charge < -0.3 is 14.8 Å². The third-order valence-electron chi connectivity index (χ3n) is 5.22. The average molecular weight is 357 g/mol. The van der Waals surface area contributed by atoms with Crippen LogP contribution in [0.3, 0.4) is 0 Å². The van der Waals surface area contributed by atoms with E-state index in [0.717, 1.165) is 49.6 Å². The van der Waals surface area contributed by atoms with Gasteiger partial charge in [0, 0.05) is 36.2 Å². The van der Waals surface area contributed by atoms with E-state index in [4.69, 9.17) is 0 Å². The Balaban J connectivity index is 1.71. The van der Waals surface area contributed by atoms with Crippen LogP contribution in [-0.2, 0) is 0 Å². The van der Waals surface area contributed by atoms with Gasteiger partial charge in [0.1, 0.15) is 5.82 Å². The smallest absolute Gasteiger partial charge is 0.253 e. The molecule has 1 N–H and O–H groups in total. The van der Waals surface area contributed by atoms with Crippen LogP contribution in [0.2, 0.25) is 0 Å². The molecule has 1 amide bonds. The number of aryl methyl sites for hydroxylation is 1. The van der Waals surface area contributed by atoms with Crippen molar-refractivity contribution in [2.45, 2.75) is 46.1 Å². The van der Waals surface area contributed by atoms with Crippen LogP contribution in [0.5, 0.6) is 0 Å². The van der Waals surface area contributed by atoms with Crippen molar-refractivity contribution >= 4 is 5.91 Å². The Morgan fingerprint density at radius 1 is 1.19 bits per heavy atom. The van der Waals surface area contributed by atoms with Crippen LogP contribution in [0.1, 0.15) is 47.9 Å². The molecule has 1 aromatic heterocycles. The molecule has 0 atom stereocenters. The molecule has 2 heterocycles. The van der Waals surface area contributed by atoms with E-state index in [-0.39, 0.29) is 17.8 Å². The Morgan fingerprint density at radius 3 is 2.46 bits per heavy atom. The van der Waals surface area contributed by atoms with E-state index in [2.05, 4.69) is 17.1 Å². The lowest BCUT2D eigenvalue weighted by Gasteiger charge is -2.32. The molecule has 2 aromatic rings. The van der Waals surface area contributed by atoms with Crippen LogP contribution in [0.15, 0.2) is 30.3 Å². The van der Waals surface area contributed by atoms with E-state index >= 15 is 0 Å². The van der Waals surface area contributed by atoms with Gasteiger partial charge in [-0.15, -0.1) is 0 Å². The molecule has 0 saturated carbocycles. The summed E-state index contributed by atoms with van der Waals surface area (Å²) in [5.74, 6) is -0.274. The van der Waals surface area contributed by atoms with E-state index in [1.54, 1.807) is 12.1 Å². The SMILES string of the molecule is CCCN1CCC(NC(=O)c2cc(C)n(-c3ccc(F)cc3)c2C)CC1. The summed E-state index contributed by atoms with van der Waals surface area (Å²) in [6.07, 6.45) is 3.18. The van der Waals surface area contributed by atoms with Crippen molar-refractivity contribution in [3.63, 3.8) is 0 Å². The second-order valence-electron chi connectivity index (χ2n) is 7.19. The third-order valence-corrected chi connectivity index (χ3v) is 5.22. The minimum Gasteiger partial charge on any atom is -0.349 e. The fourth-order valence-corrected chi connectivity index (χ4v) is 3.86. The van der Waals surface area contributed by atoms with Crippen LogP contribution >= 0.6 is 0 Å². The number of piperidine rings is 1. The number of likely N-dealkylation sites (tertiary alicyclic amines) is 1. The molecule has 4 nitrogen and oxygen atoms in total. The lowest BCUT2D eigenvalue weighted by atomic mass is 10.0. The highest BCUT2D eigenvalue weighted by molar-refractivity contribution is 5.96. The molecule has 5 heteroatoms. The topological polar surface area (TPSA) is 37.3 Å². The van der Waals surface area contributed by atoms with Gasteiger partial charge >= 0.3 is 0 Å². The Morgan fingerprint density at radius 2 is 1.85 bits per heavy atom. The zero-order valence-corrected chi connectivity index (χ0v) is 15.9. The molecule has 0 unspecified atom stereocenters. The van der Waals surface area contributed by atoms with Crippen LogP contribution in [0.25, 0.3) is 5.69 Å². The van der Waals surface area contributed by atoms with Gasteiger partial charge in [0.25, 0.3) is 5.91 Å². The molecule has 1 aliphatic rings. The second kappa shape index (κ2) is 8.04. The van der Waals surface area contributed by atoms with E-state index in [0.29, 0.717) is 5.56 Å². The van der Waals surface area contributed by atoms with Gasteiger partial charge in [-0.1, -0.05) is 6.92 Å². The van der Waals surface area contributed by atoms with E-state index in [9.17, 15) is 9.18 Å². The van der Waals surface area contributed by atoms with Crippen molar-refractivity contribution in [3.05, 3.63) is 53.1 Å². The highest BCUT2D eigenvalue weighted by Gasteiger charge is 2.23. The number of aromatic nitrogens is 1. The molecule has 1 aliphatic heterocycles. The van der Waals surface area contributed by atoms with Gasteiger partial charge in [-0.25, -0.2) is 4.39 Å². The predicted molar refractivity (Wildman–Crippen MR) is 102 cm³/mol. The Labute approximate surface area is 155 Å². The maximum absolute atomic E-state index is 13.2. The zero-order valence-electron chi connectivity index (χ0n) is 15.9. The van der Waals surface area contributed by atoms with E-state index in [1.165, 1.54) is 18.6 Å². The first-order chi connectivity index (χ1) is 12.5. The lowest BCUT2D eigenvalue weighted by molar-refractivity contribution is 0.0910. The molecular formula is C21H28FN3O. The van der Waals surface area contributed by atoms with Gasteiger partial charge in [0.05, 0.1) is 5.56 Å². The molecule has 3 rings (SSSR count). The number of hydrogen-bond acceptors (Lipinski definition) is 2. The largest absolute Gasteiger partial charge is 0.349 e. The van der Waals surface area contributed by atoms with Crippen LogP contribution in [-0.4, -0.2) is 41.1 Å². The van der Waals surface area contributed by atoms with Crippen molar-refractivity contribution < 1.29 is 9.18 Å². The molecule has 0 bridgehead atoms. The highest BCUT2D eigenvalue weighted by atomic mass is 19.1. The summed E-state index contributed by atoms with van der Waals surface area (Å²) < 4.78 is 15.2. The van der Waals surface area contributed by atoms with Crippen LogP contribution in [0.4, 0.5) is 4.39 Å². The van der Waals surface area contributed by atoms with Crippen molar-refractivity contribution in [3.8, 4) is 5.69 Å². The van der Waals surface area contributed by atoms with E-state index in [1.807, 2.05) is 24.5 Å². The van der Waals surface area contributed by atoms with Crippen molar-refractivity contribution in [1.29, 1.82) is 0 Å². The van der Waals surface area contributed by atoms with E-state index < -0.39 is 0 Å². The third kappa shape index (κ3) is 3.98. The summed E-state index contributed by atoms with van der Waals surface area (Å²) >= 11 is 0. The molecule has 26 heavy (non-hydrogen) atoms. The number of hydrogen-bond donors (Lipinski definition) is 1. The summed E-state index contributed by atoms with van der Waals surface area (Å²) in [5.41, 5.74) is 3.42. The van der Waals surface area contributed by atoms with Gasteiger partial charge in [-0.05, 0) is 70.0 Å². The number of rotatable bonds is 5. The summed E-state index contributed by atoms with van der Waals surface area (Å²) in [6, 6.07) is 8.52. The molecule has 1 saturated heterocycles. The fourth-order valence-electron chi connectivity index (χ4n) is 3.86. The Bertz CT molecular complexity index is 758. The lowest BCUT2D eigenvalue weighted by Crippen LogP contribution is -2.44. The molecule has 1 aromatic carbocycles. The molecule has 0 aliphatic carbocycles. The molecular weight excluding hydrogens is 329 g/mol. The Hall–Kier alpha value is -2.14. The number of amides is 1. The summed E-state index contributed by atoms with van der Waals surface area (Å²) in [4.78, 5) is 15.3. The zero-order chi connectivity index (χ0) is 18.7. The number of halogens is 1. The number of carbonyl (C=O) groups is 1. The fraction of sp³-hybridized carbons (Fsp3) is 0.476. The van der Waals surface area contributed by atoms with Gasteiger partial charge in [-0.2, -0.15) is 0 Å². The summed E-state index contributed by atoms with van der Waals surface area (Å²) in [7, 11) is 0. The first-order valence-corrected chi connectivity index (χ1v) is 9.47. The second-order valence-corrected chi connectivity index (χ2v) is 7.19. The van der Waals surface area contributed by atoms with Crippen LogP contribution < -0.4 is 5.32 Å². The summed E-state index contributed by atoms with van der Waals surface area (Å²) in [6.45, 7) is 9.34. The summed E-state index contributed by atoms with van der Waals surface area (Å²) in [5, 5.41) is 3.20. The molecule has 0 spiro atoms. The number of carbonyl (C=O) groups excluding carboxylic acids is 1. The average Bonchev–Trinajstić information content (AvgIpc) is 2.92. The number of nitrogens with one attached hydrogen (secondary N) is 1.